The molecule has 0 saturated carbocycles. The topological polar surface area (TPSA) is 122 Å². The number of morpholine rings is 1. The fourth-order valence-corrected chi connectivity index (χ4v) is 7.13. The number of rotatable bonds is 8. The molecule has 4 aromatic carbocycles. The summed E-state index contributed by atoms with van der Waals surface area (Å²) in [5.41, 5.74) is 0.927. The van der Waals surface area contributed by atoms with Crippen LogP contribution in [0.5, 0.6) is 0 Å². The van der Waals surface area contributed by atoms with Crippen molar-refractivity contribution in [2.75, 3.05) is 42.0 Å². The van der Waals surface area contributed by atoms with Gasteiger partial charge in [-0.15, -0.1) is 11.8 Å². The summed E-state index contributed by atoms with van der Waals surface area (Å²) in [6.07, 6.45) is 1.82. The Labute approximate surface area is 237 Å². The number of nitrogens with one attached hydrogen (secondary N) is 2. The number of carbonyl (C=O) groups is 1. The largest absolute Gasteiger partial charge is 0.378 e. The quantitative estimate of drug-likeness (QED) is 0.284. The van der Waals surface area contributed by atoms with Crippen LogP contribution in [0.15, 0.2) is 99.6 Å². The Morgan fingerprint density at radius 1 is 0.800 bits per heavy atom. The lowest BCUT2D eigenvalue weighted by molar-refractivity contribution is 0.0300. The van der Waals surface area contributed by atoms with Crippen molar-refractivity contribution in [3.05, 3.63) is 90.5 Å². The van der Waals surface area contributed by atoms with Gasteiger partial charge in [-0.3, -0.25) is 14.2 Å². The Bertz CT molecular complexity index is 1760. The van der Waals surface area contributed by atoms with Gasteiger partial charge in [0.1, 0.15) is 0 Å². The van der Waals surface area contributed by atoms with Crippen LogP contribution in [0.3, 0.4) is 0 Å². The van der Waals surface area contributed by atoms with E-state index in [0.717, 1.165) is 10.8 Å². The second-order valence-electron chi connectivity index (χ2n) is 9.03. The highest BCUT2D eigenvalue weighted by atomic mass is 32.2. The smallest absolute Gasteiger partial charge is 0.261 e. The minimum Gasteiger partial charge on any atom is -0.378 e. The standard InChI is InChI=1S/C28H27N3O6S3/c1-38-27-14-13-23(19-25(27)28(32)31-15-17-37-18-16-31)40(35,36)29-21-9-11-22(12-10-21)39(33,34)30-26-8-4-6-20-5-2-3-7-24(20)26/h2-14,19,29-30H,15-18H2,1H3. The Hall–Kier alpha value is -3.58. The van der Waals surface area contributed by atoms with Crippen molar-refractivity contribution in [2.24, 2.45) is 0 Å². The van der Waals surface area contributed by atoms with E-state index in [0.29, 0.717) is 42.4 Å². The fourth-order valence-electron chi connectivity index (χ4n) is 4.39. The van der Waals surface area contributed by atoms with Crippen LogP contribution in [0.1, 0.15) is 10.4 Å². The highest BCUT2D eigenvalue weighted by molar-refractivity contribution is 7.98. The summed E-state index contributed by atoms with van der Waals surface area (Å²) < 4.78 is 62.9. The van der Waals surface area contributed by atoms with Gasteiger partial charge in [-0.25, -0.2) is 16.8 Å². The van der Waals surface area contributed by atoms with Gasteiger partial charge < -0.3 is 9.64 Å². The number of thioether (sulfide) groups is 1. The predicted molar refractivity (Wildman–Crippen MR) is 157 cm³/mol. The molecular formula is C28H27N3O6S3. The fraction of sp³-hybridized carbons (Fsp3) is 0.179. The van der Waals surface area contributed by atoms with Gasteiger partial charge in [0, 0.05) is 29.1 Å². The monoisotopic (exact) mass is 597 g/mol. The first-order valence-electron chi connectivity index (χ1n) is 12.4. The maximum atomic E-state index is 13.2. The molecule has 4 aromatic rings. The molecular weight excluding hydrogens is 571 g/mol. The van der Waals surface area contributed by atoms with E-state index in [2.05, 4.69) is 9.44 Å². The maximum Gasteiger partial charge on any atom is 0.261 e. The van der Waals surface area contributed by atoms with Crippen LogP contribution >= 0.6 is 11.8 Å². The number of sulfonamides is 2. The maximum absolute atomic E-state index is 13.2. The molecule has 0 atom stereocenters. The van der Waals surface area contributed by atoms with E-state index in [4.69, 9.17) is 4.74 Å². The summed E-state index contributed by atoms with van der Waals surface area (Å²) in [4.78, 5) is 15.4. The van der Waals surface area contributed by atoms with Gasteiger partial charge in [-0.05, 0) is 60.2 Å². The summed E-state index contributed by atoms with van der Waals surface area (Å²) in [7, 11) is -8.00. The van der Waals surface area contributed by atoms with Crippen molar-refractivity contribution < 1.29 is 26.4 Å². The minimum absolute atomic E-state index is 0.0221. The number of carbonyl (C=O) groups excluding carboxylic acids is 1. The molecule has 1 amide bonds. The molecule has 0 unspecified atom stereocenters. The van der Waals surface area contributed by atoms with Crippen LogP contribution in [0.25, 0.3) is 10.8 Å². The van der Waals surface area contributed by atoms with Crippen molar-refractivity contribution in [3.8, 4) is 0 Å². The first kappa shape index (κ1) is 28.0. The Balaban J connectivity index is 1.35. The van der Waals surface area contributed by atoms with Gasteiger partial charge in [-0.1, -0.05) is 36.4 Å². The lowest BCUT2D eigenvalue weighted by Gasteiger charge is -2.27. The van der Waals surface area contributed by atoms with Crippen LogP contribution in [0, 0.1) is 0 Å². The van der Waals surface area contributed by atoms with Crippen LogP contribution in [0.2, 0.25) is 0 Å². The molecule has 0 spiro atoms. The van der Waals surface area contributed by atoms with Gasteiger partial charge in [-0.2, -0.15) is 0 Å². The average Bonchev–Trinajstić information content (AvgIpc) is 2.97. The number of nitrogens with zero attached hydrogens (tertiary/aromatic N) is 1. The number of hydrogen-bond donors (Lipinski definition) is 2. The van der Waals surface area contributed by atoms with Gasteiger partial charge in [0.2, 0.25) is 0 Å². The van der Waals surface area contributed by atoms with Crippen molar-refractivity contribution in [3.63, 3.8) is 0 Å². The van der Waals surface area contributed by atoms with Gasteiger partial charge in [0.05, 0.1) is 34.3 Å². The zero-order chi connectivity index (χ0) is 28.3. The van der Waals surface area contributed by atoms with Gasteiger partial charge in [0.25, 0.3) is 26.0 Å². The third kappa shape index (κ3) is 5.94. The van der Waals surface area contributed by atoms with Gasteiger partial charge in [0.15, 0.2) is 0 Å². The zero-order valence-electron chi connectivity index (χ0n) is 21.5. The van der Waals surface area contributed by atoms with Crippen LogP contribution in [-0.4, -0.2) is 60.2 Å². The molecule has 208 valence electrons. The van der Waals surface area contributed by atoms with Gasteiger partial charge >= 0.3 is 0 Å². The van der Waals surface area contributed by atoms with Crippen molar-refractivity contribution in [1.29, 1.82) is 0 Å². The minimum atomic E-state index is -4.07. The van der Waals surface area contributed by atoms with E-state index in [1.165, 1.54) is 48.2 Å². The van der Waals surface area contributed by atoms with Crippen LogP contribution in [0.4, 0.5) is 11.4 Å². The Kier molecular flexibility index (Phi) is 8.04. The van der Waals surface area contributed by atoms with E-state index in [1.54, 1.807) is 23.1 Å². The highest BCUT2D eigenvalue weighted by Crippen LogP contribution is 2.28. The summed E-state index contributed by atoms with van der Waals surface area (Å²) in [6.45, 7) is 1.74. The van der Waals surface area contributed by atoms with E-state index >= 15 is 0 Å². The summed E-state index contributed by atoms with van der Waals surface area (Å²) in [6, 6.07) is 22.6. The van der Waals surface area contributed by atoms with E-state index in [1.807, 2.05) is 36.6 Å². The molecule has 1 fully saturated rings. The molecule has 1 aliphatic rings. The van der Waals surface area contributed by atoms with E-state index < -0.39 is 20.0 Å². The number of benzene rings is 4. The number of ether oxygens (including phenoxy) is 1. The molecule has 9 nitrogen and oxygen atoms in total. The number of fused-ring (bicyclic) bond motifs is 1. The van der Waals surface area contributed by atoms with Crippen molar-refractivity contribution in [2.45, 2.75) is 14.7 Å². The second kappa shape index (κ2) is 11.5. The van der Waals surface area contributed by atoms with E-state index in [9.17, 15) is 21.6 Å². The highest BCUT2D eigenvalue weighted by Gasteiger charge is 2.24. The molecule has 0 aromatic heterocycles. The number of amides is 1. The molecule has 1 saturated heterocycles. The zero-order valence-corrected chi connectivity index (χ0v) is 24.0. The second-order valence-corrected chi connectivity index (χ2v) is 13.2. The molecule has 1 heterocycles. The molecule has 12 heteroatoms. The first-order chi connectivity index (χ1) is 19.2. The molecule has 0 aliphatic carbocycles. The molecule has 1 aliphatic heterocycles. The molecule has 40 heavy (non-hydrogen) atoms. The lowest BCUT2D eigenvalue weighted by Crippen LogP contribution is -2.40. The summed E-state index contributed by atoms with van der Waals surface area (Å²) in [5.74, 6) is -0.252. The van der Waals surface area contributed by atoms with Crippen LogP contribution in [-0.2, 0) is 24.8 Å². The van der Waals surface area contributed by atoms with Crippen molar-refractivity contribution in [1.82, 2.24) is 4.90 Å². The molecule has 5 rings (SSSR count). The molecule has 2 N–H and O–H groups in total. The van der Waals surface area contributed by atoms with Crippen LogP contribution < -0.4 is 9.44 Å². The Morgan fingerprint density at radius 3 is 2.17 bits per heavy atom. The Morgan fingerprint density at radius 2 is 1.45 bits per heavy atom. The molecule has 0 bridgehead atoms. The third-order valence-electron chi connectivity index (χ3n) is 6.46. The SMILES string of the molecule is CSc1ccc(S(=O)(=O)Nc2ccc(S(=O)(=O)Nc3cccc4ccccc34)cc2)cc1C(=O)N1CCOCC1. The normalized spacial score (nSPS) is 14.2. The predicted octanol–water partition coefficient (Wildman–Crippen LogP) is 4.64. The summed E-state index contributed by atoms with van der Waals surface area (Å²) >= 11 is 1.36. The van der Waals surface area contributed by atoms with E-state index in [-0.39, 0.29) is 21.4 Å². The third-order valence-corrected chi connectivity index (χ3v) is 10.0. The average molecular weight is 598 g/mol. The lowest BCUT2D eigenvalue weighted by atomic mass is 10.1. The molecule has 0 radical (unpaired) electrons. The summed E-state index contributed by atoms with van der Waals surface area (Å²) in [5, 5.41) is 1.66. The number of anilines is 2. The number of hydrogen-bond acceptors (Lipinski definition) is 7. The first-order valence-corrected chi connectivity index (χ1v) is 16.6. The van der Waals surface area contributed by atoms with Crippen molar-refractivity contribution >= 4 is 59.9 Å².